The Morgan fingerprint density at radius 1 is 1.22 bits per heavy atom. The second-order valence-electron chi connectivity index (χ2n) is 4.25. The summed E-state index contributed by atoms with van der Waals surface area (Å²) in [5.41, 5.74) is -0.280. The molecule has 0 fully saturated rings. The Balaban J connectivity index is 2.86. The molecule has 0 atom stereocenters. The van der Waals surface area contributed by atoms with E-state index in [0.717, 1.165) is 0 Å². The van der Waals surface area contributed by atoms with E-state index in [9.17, 15) is 8.42 Å². The average molecular weight is 266 g/mol. The molecule has 5 heteroatoms. The van der Waals surface area contributed by atoms with E-state index < -0.39 is 15.6 Å². The topological polar surface area (TPSA) is 70.0 Å². The summed E-state index contributed by atoms with van der Waals surface area (Å²) < 4.78 is 26.6. The van der Waals surface area contributed by atoms with Gasteiger partial charge in [-0.2, -0.15) is 9.98 Å². The van der Waals surface area contributed by atoms with Crippen molar-refractivity contribution in [3.05, 3.63) is 35.9 Å². The number of sulfonamides is 1. The van der Waals surface area contributed by atoms with Crippen LogP contribution in [0.25, 0.3) is 0 Å². The summed E-state index contributed by atoms with van der Waals surface area (Å²) in [5.74, 6) is -0.0999. The van der Waals surface area contributed by atoms with Crippen molar-refractivity contribution in [1.82, 2.24) is 4.72 Å². The third kappa shape index (κ3) is 3.83. The minimum atomic E-state index is -3.50. The van der Waals surface area contributed by atoms with Crippen LogP contribution < -0.4 is 4.72 Å². The number of hydrogen-bond donors (Lipinski definition) is 1. The predicted molar refractivity (Wildman–Crippen MR) is 71.1 cm³/mol. The zero-order chi connectivity index (χ0) is 13.6. The average Bonchev–Trinajstić information content (AvgIpc) is 2.37. The van der Waals surface area contributed by atoms with Crippen LogP contribution in [0.3, 0.4) is 0 Å². The first-order valence-corrected chi connectivity index (χ1v) is 7.59. The first-order chi connectivity index (χ1) is 8.47. The van der Waals surface area contributed by atoms with Crippen LogP contribution in [-0.2, 0) is 15.8 Å². The molecule has 98 valence electrons. The third-order valence-electron chi connectivity index (χ3n) is 2.97. The summed E-state index contributed by atoms with van der Waals surface area (Å²) in [4.78, 5) is 0. The molecule has 0 unspecified atom stereocenters. The SMILES string of the molecule is CCC(C#N)(CC)NS(=O)(=O)Cc1ccccc1. The van der Waals surface area contributed by atoms with Crippen molar-refractivity contribution in [3.8, 4) is 6.07 Å². The predicted octanol–water partition coefficient (Wildman–Crippen LogP) is 2.19. The molecule has 1 rings (SSSR count). The Bertz CT molecular complexity index is 514. The summed E-state index contributed by atoms with van der Waals surface area (Å²) in [6.45, 7) is 3.61. The fourth-order valence-electron chi connectivity index (χ4n) is 1.70. The lowest BCUT2D eigenvalue weighted by Crippen LogP contribution is -2.46. The minimum Gasteiger partial charge on any atom is -0.212 e. The van der Waals surface area contributed by atoms with Crippen LogP contribution in [0, 0.1) is 11.3 Å². The molecule has 0 saturated heterocycles. The van der Waals surface area contributed by atoms with Crippen LogP contribution in [0.4, 0.5) is 0 Å². The fourth-order valence-corrected chi connectivity index (χ4v) is 3.34. The lowest BCUT2D eigenvalue weighted by atomic mass is 9.97. The van der Waals surface area contributed by atoms with Crippen LogP contribution in [0.15, 0.2) is 30.3 Å². The molecular formula is C13H18N2O2S. The molecule has 0 spiro atoms. The third-order valence-corrected chi connectivity index (χ3v) is 4.39. The fraction of sp³-hybridized carbons (Fsp3) is 0.462. The van der Waals surface area contributed by atoms with E-state index in [1.54, 1.807) is 38.1 Å². The van der Waals surface area contributed by atoms with Crippen molar-refractivity contribution in [2.45, 2.75) is 38.0 Å². The largest absolute Gasteiger partial charge is 0.217 e. The van der Waals surface area contributed by atoms with E-state index in [-0.39, 0.29) is 5.75 Å². The summed E-state index contributed by atoms with van der Waals surface area (Å²) in [7, 11) is -3.50. The van der Waals surface area contributed by atoms with Gasteiger partial charge in [0.1, 0.15) is 5.54 Å². The van der Waals surface area contributed by atoms with Crippen molar-refractivity contribution in [2.75, 3.05) is 0 Å². The molecule has 0 amide bonds. The van der Waals surface area contributed by atoms with Gasteiger partial charge in [-0.3, -0.25) is 0 Å². The Morgan fingerprint density at radius 2 is 1.78 bits per heavy atom. The van der Waals surface area contributed by atoms with Gasteiger partial charge in [0.15, 0.2) is 0 Å². The summed E-state index contributed by atoms with van der Waals surface area (Å²) in [6.07, 6.45) is 0.905. The zero-order valence-corrected chi connectivity index (χ0v) is 11.5. The molecule has 0 saturated carbocycles. The number of benzene rings is 1. The highest BCUT2D eigenvalue weighted by Gasteiger charge is 2.31. The van der Waals surface area contributed by atoms with E-state index in [1.165, 1.54) is 0 Å². The molecule has 0 aliphatic rings. The normalized spacial score (nSPS) is 12.1. The minimum absolute atomic E-state index is 0.0999. The monoisotopic (exact) mass is 266 g/mol. The van der Waals surface area contributed by atoms with Gasteiger partial charge >= 0.3 is 0 Å². The second kappa shape index (κ2) is 5.98. The van der Waals surface area contributed by atoms with Gasteiger partial charge in [0.2, 0.25) is 10.0 Å². The first-order valence-electron chi connectivity index (χ1n) is 5.94. The van der Waals surface area contributed by atoms with E-state index in [0.29, 0.717) is 18.4 Å². The van der Waals surface area contributed by atoms with Crippen LogP contribution in [0.1, 0.15) is 32.3 Å². The highest BCUT2D eigenvalue weighted by molar-refractivity contribution is 7.88. The van der Waals surface area contributed by atoms with Gasteiger partial charge in [-0.15, -0.1) is 0 Å². The Labute approximate surface area is 109 Å². The number of hydrogen-bond acceptors (Lipinski definition) is 3. The van der Waals surface area contributed by atoms with Gasteiger partial charge in [0.25, 0.3) is 0 Å². The zero-order valence-electron chi connectivity index (χ0n) is 10.7. The first kappa shape index (κ1) is 14.7. The Kier molecular flexibility index (Phi) is 4.88. The van der Waals surface area contributed by atoms with Crippen molar-refractivity contribution >= 4 is 10.0 Å². The molecule has 1 aromatic rings. The van der Waals surface area contributed by atoms with Crippen molar-refractivity contribution in [2.24, 2.45) is 0 Å². The van der Waals surface area contributed by atoms with Gasteiger partial charge in [0.05, 0.1) is 11.8 Å². The molecule has 0 aliphatic heterocycles. The lowest BCUT2D eigenvalue weighted by molar-refractivity contribution is 0.446. The van der Waals surface area contributed by atoms with Gasteiger partial charge < -0.3 is 0 Å². The molecule has 0 heterocycles. The maximum atomic E-state index is 12.0. The quantitative estimate of drug-likeness (QED) is 0.858. The van der Waals surface area contributed by atoms with E-state index in [2.05, 4.69) is 10.8 Å². The summed E-state index contributed by atoms with van der Waals surface area (Å²) in [5, 5.41) is 9.13. The lowest BCUT2D eigenvalue weighted by Gasteiger charge is -2.24. The van der Waals surface area contributed by atoms with Crippen LogP contribution in [0.2, 0.25) is 0 Å². The molecule has 0 aliphatic carbocycles. The smallest absolute Gasteiger partial charge is 0.212 e. The summed E-state index contributed by atoms with van der Waals surface area (Å²) >= 11 is 0. The highest BCUT2D eigenvalue weighted by atomic mass is 32.2. The van der Waals surface area contributed by atoms with Gasteiger partial charge in [0, 0.05) is 0 Å². The number of nitriles is 1. The van der Waals surface area contributed by atoms with Crippen molar-refractivity contribution < 1.29 is 8.42 Å². The van der Waals surface area contributed by atoms with E-state index >= 15 is 0 Å². The number of nitrogens with one attached hydrogen (secondary N) is 1. The van der Waals surface area contributed by atoms with E-state index in [4.69, 9.17) is 5.26 Å². The maximum absolute atomic E-state index is 12.0. The Morgan fingerprint density at radius 3 is 2.22 bits per heavy atom. The Hall–Kier alpha value is -1.38. The van der Waals surface area contributed by atoms with Gasteiger partial charge in [-0.1, -0.05) is 44.2 Å². The number of rotatable bonds is 6. The molecule has 0 aromatic heterocycles. The highest BCUT2D eigenvalue weighted by Crippen LogP contribution is 2.16. The molecular weight excluding hydrogens is 248 g/mol. The standard InChI is InChI=1S/C13H18N2O2S/c1-3-13(4-2,11-14)15-18(16,17)10-12-8-6-5-7-9-12/h5-9,15H,3-4,10H2,1-2H3. The molecule has 4 nitrogen and oxygen atoms in total. The van der Waals surface area contributed by atoms with Crippen molar-refractivity contribution in [3.63, 3.8) is 0 Å². The summed E-state index contributed by atoms with van der Waals surface area (Å²) in [6, 6.07) is 11.0. The molecule has 0 bridgehead atoms. The van der Waals surface area contributed by atoms with Crippen LogP contribution >= 0.6 is 0 Å². The maximum Gasteiger partial charge on any atom is 0.217 e. The second-order valence-corrected chi connectivity index (χ2v) is 5.97. The van der Waals surface area contributed by atoms with Gasteiger partial charge in [-0.05, 0) is 18.4 Å². The van der Waals surface area contributed by atoms with Crippen LogP contribution in [-0.4, -0.2) is 14.0 Å². The van der Waals surface area contributed by atoms with Crippen molar-refractivity contribution in [1.29, 1.82) is 5.26 Å². The van der Waals surface area contributed by atoms with E-state index in [1.807, 2.05) is 6.07 Å². The van der Waals surface area contributed by atoms with Gasteiger partial charge in [-0.25, -0.2) is 8.42 Å². The molecule has 1 aromatic carbocycles. The molecule has 1 N–H and O–H groups in total. The van der Waals surface area contributed by atoms with Crippen LogP contribution in [0.5, 0.6) is 0 Å². The molecule has 18 heavy (non-hydrogen) atoms. The molecule has 0 radical (unpaired) electrons. The number of nitrogens with zero attached hydrogens (tertiary/aromatic N) is 1.